The van der Waals surface area contributed by atoms with Crippen LogP contribution in [-0.4, -0.2) is 34.6 Å². The van der Waals surface area contributed by atoms with Crippen molar-refractivity contribution >= 4 is 46.8 Å². The van der Waals surface area contributed by atoms with Gasteiger partial charge < -0.3 is 10.2 Å². The number of carbonyl (C=O) groups excluding carboxylic acids is 2. The highest BCUT2D eigenvalue weighted by Crippen LogP contribution is 2.23. The largest absolute Gasteiger partial charge is 0.352 e. The molecule has 1 N–H and O–H groups in total. The SMILES string of the molecule is CC[C@H](C)NC(=O)[C@H](C)N(Cc1ccccc1Cl)C(=O)CSCc1ccccc1Cl. The van der Waals surface area contributed by atoms with Crippen molar-refractivity contribution in [1.29, 1.82) is 0 Å². The van der Waals surface area contributed by atoms with E-state index in [0.29, 0.717) is 15.8 Å². The van der Waals surface area contributed by atoms with Crippen LogP contribution in [-0.2, 0) is 21.9 Å². The number of nitrogens with zero attached hydrogens (tertiary/aromatic N) is 1. The van der Waals surface area contributed by atoms with Crippen molar-refractivity contribution < 1.29 is 9.59 Å². The summed E-state index contributed by atoms with van der Waals surface area (Å²) in [7, 11) is 0. The predicted molar refractivity (Wildman–Crippen MR) is 127 cm³/mol. The molecule has 2 aromatic carbocycles. The van der Waals surface area contributed by atoms with E-state index in [1.807, 2.05) is 56.3 Å². The number of carbonyl (C=O) groups is 2. The van der Waals surface area contributed by atoms with Crippen molar-refractivity contribution in [2.45, 2.75) is 51.6 Å². The summed E-state index contributed by atoms with van der Waals surface area (Å²) in [4.78, 5) is 27.4. The molecular formula is C23H28Cl2N2O2S. The molecule has 7 heteroatoms. The van der Waals surface area contributed by atoms with Gasteiger partial charge in [-0.1, -0.05) is 66.5 Å². The monoisotopic (exact) mass is 466 g/mol. The summed E-state index contributed by atoms with van der Waals surface area (Å²) >= 11 is 14.0. The van der Waals surface area contributed by atoms with E-state index >= 15 is 0 Å². The van der Waals surface area contributed by atoms with Gasteiger partial charge in [0.1, 0.15) is 6.04 Å². The van der Waals surface area contributed by atoms with Crippen molar-refractivity contribution in [2.75, 3.05) is 5.75 Å². The molecular weight excluding hydrogens is 439 g/mol. The molecule has 0 unspecified atom stereocenters. The van der Waals surface area contributed by atoms with Gasteiger partial charge in [-0.25, -0.2) is 0 Å². The van der Waals surface area contributed by atoms with E-state index in [9.17, 15) is 9.59 Å². The van der Waals surface area contributed by atoms with Gasteiger partial charge in [-0.3, -0.25) is 9.59 Å². The van der Waals surface area contributed by atoms with Gasteiger partial charge in [0.2, 0.25) is 11.8 Å². The molecule has 0 aliphatic rings. The Hall–Kier alpha value is -1.69. The van der Waals surface area contributed by atoms with Gasteiger partial charge in [-0.15, -0.1) is 11.8 Å². The number of thioether (sulfide) groups is 1. The van der Waals surface area contributed by atoms with Crippen LogP contribution < -0.4 is 5.32 Å². The minimum Gasteiger partial charge on any atom is -0.352 e. The van der Waals surface area contributed by atoms with E-state index in [-0.39, 0.29) is 30.2 Å². The molecule has 0 saturated heterocycles. The molecule has 2 amide bonds. The number of hydrogen-bond acceptors (Lipinski definition) is 3. The number of halogens is 2. The molecule has 4 nitrogen and oxygen atoms in total. The summed E-state index contributed by atoms with van der Waals surface area (Å²) in [6.07, 6.45) is 0.824. The van der Waals surface area contributed by atoms with Crippen LogP contribution in [0.15, 0.2) is 48.5 Å². The Morgan fingerprint density at radius 1 is 1.00 bits per heavy atom. The lowest BCUT2D eigenvalue weighted by atomic mass is 10.1. The van der Waals surface area contributed by atoms with Crippen LogP contribution in [0.5, 0.6) is 0 Å². The highest BCUT2D eigenvalue weighted by molar-refractivity contribution is 7.99. The summed E-state index contributed by atoms with van der Waals surface area (Å²) in [5.74, 6) is 0.592. The Morgan fingerprint density at radius 2 is 1.57 bits per heavy atom. The molecule has 0 fully saturated rings. The van der Waals surface area contributed by atoms with Crippen LogP contribution in [0.3, 0.4) is 0 Å². The third-order valence-corrected chi connectivity index (χ3v) is 6.61. The van der Waals surface area contributed by atoms with Gasteiger partial charge in [0, 0.05) is 28.4 Å². The van der Waals surface area contributed by atoms with Crippen molar-refractivity contribution in [3.63, 3.8) is 0 Å². The second-order valence-electron chi connectivity index (χ2n) is 7.19. The molecule has 0 heterocycles. The summed E-state index contributed by atoms with van der Waals surface area (Å²) in [6.45, 7) is 5.99. The minimum absolute atomic E-state index is 0.0480. The molecule has 0 radical (unpaired) electrons. The molecule has 0 bridgehead atoms. The summed E-state index contributed by atoms with van der Waals surface area (Å²) in [5, 5.41) is 4.23. The highest BCUT2D eigenvalue weighted by Gasteiger charge is 2.27. The fourth-order valence-corrected chi connectivity index (χ4v) is 4.20. The Morgan fingerprint density at radius 3 is 2.13 bits per heavy atom. The van der Waals surface area contributed by atoms with Crippen molar-refractivity contribution in [2.24, 2.45) is 0 Å². The quantitative estimate of drug-likeness (QED) is 0.498. The van der Waals surface area contributed by atoms with E-state index in [1.54, 1.807) is 17.9 Å². The topological polar surface area (TPSA) is 49.4 Å². The Balaban J connectivity index is 2.10. The lowest BCUT2D eigenvalue weighted by molar-refractivity contribution is -0.138. The predicted octanol–water partition coefficient (Wildman–Crippen LogP) is 5.56. The molecule has 2 aromatic rings. The first kappa shape index (κ1) is 24.6. The molecule has 0 saturated carbocycles. The molecule has 0 spiro atoms. The number of hydrogen-bond donors (Lipinski definition) is 1. The van der Waals surface area contributed by atoms with Crippen molar-refractivity contribution in [3.8, 4) is 0 Å². The molecule has 2 atom stereocenters. The number of nitrogens with one attached hydrogen (secondary N) is 1. The van der Waals surface area contributed by atoms with Gasteiger partial charge in [0.05, 0.1) is 5.75 Å². The maximum atomic E-state index is 13.1. The van der Waals surface area contributed by atoms with Crippen LogP contribution in [0.25, 0.3) is 0 Å². The molecule has 2 rings (SSSR count). The van der Waals surface area contributed by atoms with Crippen LogP contribution in [0.2, 0.25) is 10.0 Å². The van der Waals surface area contributed by atoms with E-state index in [0.717, 1.165) is 17.5 Å². The molecule has 0 aromatic heterocycles. The molecule has 0 aliphatic carbocycles. The summed E-state index contributed by atoms with van der Waals surface area (Å²) in [5.41, 5.74) is 1.80. The van der Waals surface area contributed by atoms with Crippen molar-refractivity contribution in [3.05, 3.63) is 69.7 Å². The smallest absolute Gasteiger partial charge is 0.242 e. The zero-order valence-corrected chi connectivity index (χ0v) is 19.9. The van der Waals surface area contributed by atoms with E-state index in [2.05, 4.69) is 5.32 Å². The number of amides is 2. The average molecular weight is 467 g/mol. The number of rotatable bonds is 10. The third kappa shape index (κ3) is 7.22. The van der Waals surface area contributed by atoms with Crippen LogP contribution >= 0.6 is 35.0 Å². The van der Waals surface area contributed by atoms with E-state index in [4.69, 9.17) is 23.2 Å². The first-order valence-corrected chi connectivity index (χ1v) is 11.9. The Bertz CT molecular complexity index is 863. The minimum atomic E-state index is -0.608. The zero-order chi connectivity index (χ0) is 22.1. The van der Waals surface area contributed by atoms with E-state index in [1.165, 1.54) is 11.8 Å². The van der Waals surface area contributed by atoms with Crippen LogP contribution in [0, 0.1) is 0 Å². The number of benzene rings is 2. The van der Waals surface area contributed by atoms with Crippen LogP contribution in [0.1, 0.15) is 38.3 Å². The maximum absolute atomic E-state index is 13.1. The first-order valence-electron chi connectivity index (χ1n) is 9.97. The third-order valence-electron chi connectivity index (χ3n) is 4.91. The maximum Gasteiger partial charge on any atom is 0.242 e. The first-order chi connectivity index (χ1) is 14.3. The van der Waals surface area contributed by atoms with Crippen LogP contribution in [0.4, 0.5) is 0 Å². The zero-order valence-electron chi connectivity index (χ0n) is 17.5. The highest BCUT2D eigenvalue weighted by atomic mass is 35.5. The summed E-state index contributed by atoms with van der Waals surface area (Å²) < 4.78 is 0. The van der Waals surface area contributed by atoms with E-state index < -0.39 is 6.04 Å². The van der Waals surface area contributed by atoms with Gasteiger partial charge in [0.25, 0.3) is 0 Å². The molecule has 30 heavy (non-hydrogen) atoms. The summed E-state index contributed by atoms with van der Waals surface area (Å²) in [6, 6.07) is 14.4. The second-order valence-corrected chi connectivity index (χ2v) is 8.99. The fourth-order valence-electron chi connectivity index (χ4n) is 2.80. The standard InChI is InChI=1S/C23H28Cl2N2O2S/c1-4-16(2)26-23(29)17(3)27(13-18-9-5-7-11-20(18)24)22(28)15-30-14-19-10-6-8-12-21(19)25/h5-12,16-17H,4,13-15H2,1-3H3,(H,26,29)/t16-,17-/m0/s1. The second kappa shape index (κ2) is 12.2. The lowest BCUT2D eigenvalue weighted by Crippen LogP contribution is -2.50. The lowest BCUT2D eigenvalue weighted by Gasteiger charge is -2.30. The Labute approximate surface area is 193 Å². The van der Waals surface area contributed by atoms with Gasteiger partial charge >= 0.3 is 0 Å². The van der Waals surface area contributed by atoms with Gasteiger partial charge in [-0.05, 0) is 43.5 Å². The molecule has 0 aliphatic heterocycles. The average Bonchev–Trinajstić information content (AvgIpc) is 2.73. The fraction of sp³-hybridized carbons (Fsp3) is 0.391. The molecule has 162 valence electrons. The van der Waals surface area contributed by atoms with Gasteiger partial charge in [-0.2, -0.15) is 0 Å². The Kier molecular flexibility index (Phi) is 10.0. The normalized spacial score (nSPS) is 12.8. The van der Waals surface area contributed by atoms with Crippen molar-refractivity contribution in [1.82, 2.24) is 10.2 Å². The van der Waals surface area contributed by atoms with Gasteiger partial charge in [0.15, 0.2) is 0 Å².